The number of carbonyl (C=O) groups excluding carboxylic acids is 1. The predicted octanol–water partition coefficient (Wildman–Crippen LogP) is 3.20. The van der Waals surface area contributed by atoms with Gasteiger partial charge in [0.25, 0.3) is 5.91 Å². The molecular weight excluding hydrogens is 280 g/mol. The van der Waals surface area contributed by atoms with E-state index >= 15 is 0 Å². The van der Waals surface area contributed by atoms with E-state index < -0.39 is 0 Å². The van der Waals surface area contributed by atoms with Crippen LogP contribution in [0, 0.1) is 5.41 Å². The Labute approximate surface area is 111 Å². The number of anilines is 1. The van der Waals surface area contributed by atoms with E-state index in [0.29, 0.717) is 11.3 Å². The summed E-state index contributed by atoms with van der Waals surface area (Å²) in [6, 6.07) is 5.36. The quantitative estimate of drug-likeness (QED) is 0.824. The smallest absolute Gasteiger partial charge is 0.253 e. The minimum absolute atomic E-state index is 0.0242. The van der Waals surface area contributed by atoms with Crippen LogP contribution < -0.4 is 11.1 Å². The van der Waals surface area contributed by atoms with E-state index in [1.165, 1.54) is 0 Å². The second kappa shape index (κ2) is 5.08. The predicted molar refractivity (Wildman–Crippen MR) is 74.9 cm³/mol. The molecule has 0 heterocycles. The molecule has 17 heavy (non-hydrogen) atoms. The Balaban J connectivity index is 2.87. The van der Waals surface area contributed by atoms with Crippen LogP contribution in [0.5, 0.6) is 0 Å². The third-order valence-corrected chi connectivity index (χ3v) is 3.40. The van der Waals surface area contributed by atoms with E-state index in [9.17, 15) is 4.79 Å². The van der Waals surface area contributed by atoms with Crippen molar-refractivity contribution in [1.29, 1.82) is 0 Å². The zero-order chi connectivity index (χ0) is 13.2. The Kier molecular flexibility index (Phi) is 4.20. The highest BCUT2D eigenvalue weighted by molar-refractivity contribution is 9.10. The highest BCUT2D eigenvalue weighted by Crippen LogP contribution is 2.21. The van der Waals surface area contributed by atoms with Crippen molar-refractivity contribution < 1.29 is 4.79 Å². The van der Waals surface area contributed by atoms with Gasteiger partial charge in [-0.25, -0.2) is 0 Å². The molecule has 1 unspecified atom stereocenters. The summed E-state index contributed by atoms with van der Waals surface area (Å²) in [6.45, 7) is 8.25. The lowest BCUT2D eigenvalue weighted by atomic mass is 9.88. The largest absolute Gasteiger partial charge is 0.398 e. The number of amides is 1. The highest BCUT2D eigenvalue weighted by Gasteiger charge is 2.22. The molecule has 0 saturated heterocycles. The minimum Gasteiger partial charge on any atom is -0.398 e. The maximum atomic E-state index is 12.1. The Bertz CT molecular complexity index is 424. The van der Waals surface area contributed by atoms with Crippen LogP contribution in [0.15, 0.2) is 22.7 Å². The monoisotopic (exact) mass is 298 g/mol. The topological polar surface area (TPSA) is 55.1 Å². The van der Waals surface area contributed by atoms with Gasteiger partial charge in [0.05, 0.1) is 5.56 Å². The van der Waals surface area contributed by atoms with Gasteiger partial charge in [-0.2, -0.15) is 0 Å². The van der Waals surface area contributed by atoms with Gasteiger partial charge in [-0.05, 0) is 30.5 Å². The average molecular weight is 299 g/mol. The van der Waals surface area contributed by atoms with E-state index in [1.54, 1.807) is 12.1 Å². The molecule has 1 amide bonds. The van der Waals surface area contributed by atoms with Crippen molar-refractivity contribution in [2.24, 2.45) is 5.41 Å². The number of halogens is 1. The second-order valence-corrected chi connectivity index (χ2v) is 6.21. The Hall–Kier alpha value is -1.03. The van der Waals surface area contributed by atoms with Gasteiger partial charge in [-0.15, -0.1) is 0 Å². The van der Waals surface area contributed by atoms with Gasteiger partial charge in [0.1, 0.15) is 0 Å². The first-order valence-corrected chi connectivity index (χ1v) is 6.37. The van der Waals surface area contributed by atoms with Gasteiger partial charge in [0.2, 0.25) is 0 Å². The van der Waals surface area contributed by atoms with Gasteiger partial charge in [0.15, 0.2) is 0 Å². The summed E-state index contributed by atoms with van der Waals surface area (Å²) in [4.78, 5) is 12.1. The van der Waals surface area contributed by atoms with Gasteiger partial charge in [-0.3, -0.25) is 4.79 Å². The molecular formula is C13H19BrN2O. The lowest BCUT2D eigenvalue weighted by Crippen LogP contribution is -2.41. The molecule has 3 N–H and O–H groups in total. The minimum atomic E-state index is -0.133. The Morgan fingerprint density at radius 2 is 2.00 bits per heavy atom. The summed E-state index contributed by atoms with van der Waals surface area (Å²) in [5.74, 6) is -0.133. The fourth-order valence-electron chi connectivity index (χ4n) is 1.22. The summed E-state index contributed by atoms with van der Waals surface area (Å²) in [7, 11) is 0. The number of hydrogen-bond donors (Lipinski definition) is 2. The van der Waals surface area contributed by atoms with Crippen molar-refractivity contribution in [3.8, 4) is 0 Å². The molecule has 0 spiro atoms. The molecule has 3 nitrogen and oxygen atoms in total. The van der Waals surface area contributed by atoms with Crippen molar-refractivity contribution in [3.63, 3.8) is 0 Å². The first-order valence-electron chi connectivity index (χ1n) is 5.57. The standard InChI is InChI=1S/C13H19BrN2O/c1-8(13(2,3)4)16-12(17)10-7-9(14)5-6-11(10)15/h5-8H,15H2,1-4H3,(H,16,17). The van der Waals surface area contributed by atoms with Crippen LogP contribution in [0.1, 0.15) is 38.1 Å². The number of carbonyl (C=O) groups is 1. The number of hydrogen-bond acceptors (Lipinski definition) is 2. The van der Waals surface area contributed by atoms with Crippen molar-refractivity contribution in [3.05, 3.63) is 28.2 Å². The third-order valence-electron chi connectivity index (χ3n) is 2.91. The summed E-state index contributed by atoms with van der Waals surface area (Å²) in [5.41, 5.74) is 6.82. The number of nitrogens with one attached hydrogen (secondary N) is 1. The average Bonchev–Trinajstić information content (AvgIpc) is 2.20. The molecule has 1 atom stereocenters. The van der Waals surface area contributed by atoms with Crippen molar-refractivity contribution >= 4 is 27.5 Å². The van der Waals surface area contributed by atoms with E-state index in [4.69, 9.17) is 5.73 Å². The normalized spacial score (nSPS) is 13.2. The number of rotatable bonds is 2. The lowest BCUT2D eigenvalue weighted by molar-refractivity contribution is 0.0911. The summed E-state index contributed by atoms with van der Waals surface area (Å²) in [6.07, 6.45) is 0. The van der Waals surface area contributed by atoms with Crippen LogP contribution in [-0.4, -0.2) is 11.9 Å². The van der Waals surface area contributed by atoms with E-state index in [-0.39, 0.29) is 17.4 Å². The molecule has 0 aliphatic carbocycles. The molecule has 94 valence electrons. The molecule has 1 aromatic carbocycles. The van der Waals surface area contributed by atoms with Crippen LogP contribution in [0.25, 0.3) is 0 Å². The Morgan fingerprint density at radius 3 is 2.53 bits per heavy atom. The van der Waals surface area contributed by atoms with Gasteiger partial charge in [0, 0.05) is 16.2 Å². The zero-order valence-electron chi connectivity index (χ0n) is 10.7. The van der Waals surface area contributed by atoms with Crippen LogP contribution in [-0.2, 0) is 0 Å². The van der Waals surface area contributed by atoms with Crippen LogP contribution in [0.2, 0.25) is 0 Å². The van der Waals surface area contributed by atoms with E-state index in [1.807, 2.05) is 13.0 Å². The van der Waals surface area contributed by atoms with Crippen molar-refractivity contribution in [1.82, 2.24) is 5.32 Å². The van der Waals surface area contributed by atoms with Gasteiger partial charge in [-0.1, -0.05) is 36.7 Å². The van der Waals surface area contributed by atoms with Gasteiger partial charge >= 0.3 is 0 Å². The molecule has 1 aromatic rings. The van der Waals surface area contributed by atoms with Crippen molar-refractivity contribution in [2.75, 3.05) is 5.73 Å². The molecule has 0 aliphatic heterocycles. The molecule has 0 radical (unpaired) electrons. The van der Waals surface area contributed by atoms with E-state index in [0.717, 1.165) is 4.47 Å². The molecule has 1 rings (SSSR count). The number of nitrogens with two attached hydrogens (primary N) is 1. The molecule has 0 aliphatic rings. The van der Waals surface area contributed by atoms with E-state index in [2.05, 4.69) is 42.0 Å². The highest BCUT2D eigenvalue weighted by atomic mass is 79.9. The van der Waals surface area contributed by atoms with Crippen molar-refractivity contribution in [2.45, 2.75) is 33.7 Å². The molecule has 0 bridgehead atoms. The second-order valence-electron chi connectivity index (χ2n) is 5.29. The molecule has 0 fully saturated rings. The van der Waals surface area contributed by atoms with Gasteiger partial charge < -0.3 is 11.1 Å². The lowest BCUT2D eigenvalue weighted by Gasteiger charge is -2.28. The fraction of sp³-hybridized carbons (Fsp3) is 0.462. The number of nitrogen functional groups attached to an aromatic ring is 1. The third kappa shape index (κ3) is 3.73. The summed E-state index contributed by atoms with van der Waals surface area (Å²) in [5, 5.41) is 2.96. The molecule has 0 aromatic heterocycles. The maximum Gasteiger partial charge on any atom is 0.253 e. The first kappa shape index (κ1) is 14.0. The first-order chi connectivity index (χ1) is 7.71. The van der Waals surface area contributed by atoms with Crippen LogP contribution >= 0.6 is 15.9 Å². The summed E-state index contributed by atoms with van der Waals surface area (Å²) < 4.78 is 0.847. The molecule has 0 saturated carbocycles. The maximum absolute atomic E-state index is 12.1. The van der Waals surface area contributed by atoms with Crippen LogP contribution in [0.4, 0.5) is 5.69 Å². The molecule has 4 heteroatoms. The van der Waals surface area contributed by atoms with Crippen LogP contribution in [0.3, 0.4) is 0 Å². The SMILES string of the molecule is CC(NC(=O)c1cc(Br)ccc1N)C(C)(C)C. The number of benzene rings is 1. The summed E-state index contributed by atoms with van der Waals surface area (Å²) >= 11 is 3.33. The Morgan fingerprint density at radius 1 is 1.41 bits per heavy atom. The zero-order valence-corrected chi connectivity index (χ0v) is 12.3. The fourth-order valence-corrected chi connectivity index (χ4v) is 1.58.